The second kappa shape index (κ2) is 5.81. The van der Waals surface area contributed by atoms with Crippen LogP contribution in [0.4, 0.5) is 0 Å². The molecular weight excluding hydrogens is 258 g/mol. The van der Waals surface area contributed by atoms with Crippen molar-refractivity contribution in [2.24, 2.45) is 12.8 Å². The molecule has 0 aromatic carbocycles. The normalized spacial score (nSPS) is 13.2. The van der Waals surface area contributed by atoms with Crippen molar-refractivity contribution in [1.29, 1.82) is 0 Å². The summed E-state index contributed by atoms with van der Waals surface area (Å²) in [6, 6.07) is 0.177. The van der Waals surface area contributed by atoms with Gasteiger partial charge in [-0.2, -0.15) is 5.10 Å². The molecule has 0 aliphatic heterocycles. The molecule has 0 spiro atoms. The van der Waals surface area contributed by atoms with Crippen molar-refractivity contribution in [2.75, 3.05) is 13.6 Å². The molecule has 2 aromatic rings. The summed E-state index contributed by atoms with van der Waals surface area (Å²) >= 11 is 1.68. The molecular formula is C13H21N5S. The van der Waals surface area contributed by atoms with E-state index in [2.05, 4.69) is 34.3 Å². The van der Waals surface area contributed by atoms with Crippen LogP contribution in [0.25, 0.3) is 0 Å². The van der Waals surface area contributed by atoms with Gasteiger partial charge < -0.3 is 5.73 Å². The Morgan fingerprint density at radius 2 is 2.21 bits per heavy atom. The minimum atomic E-state index is 0.177. The van der Waals surface area contributed by atoms with Gasteiger partial charge in [-0.15, -0.1) is 11.3 Å². The van der Waals surface area contributed by atoms with Gasteiger partial charge in [0.25, 0.3) is 0 Å². The lowest BCUT2D eigenvalue weighted by atomic mass is 10.1. The van der Waals surface area contributed by atoms with Crippen LogP contribution in [0, 0.1) is 13.8 Å². The molecule has 2 aromatic heterocycles. The molecule has 6 heteroatoms. The average Bonchev–Trinajstić information content (AvgIpc) is 2.91. The van der Waals surface area contributed by atoms with Crippen LogP contribution in [0.2, 0.25) is 0 Å². The SMILES string of the molecule is Cc1nc(CN(C)C(CN)c2cnn(C)c2C)cs1. The summed E-state index contributed by atoms with van der Waals surface area (Å²) < 4.78 is 1.89. The highest BCUT2D eigenvalue weighted by molar-refractivity contribution is 7.09. The number of hydrogen-bond donors (Lipinski definition) is 1. The van der Waals surface area contributed by atoms with Crippen LogP contribution >= 0.6 is 11.3 Å². The van der Waals surface area contributed by atoms with E-state index in [4.69, 9.17) is 5.73 Å². The molecule has 0 bridgehead atoms. The van der Waals surface area contributed by atoms with E-state index in [9.17, 15) is 0 Å². The van der Waals surface area contributed by atoms with Gasteiger partial charge in [0.05, 0.1) is 22.9 Å². The summed E-state index contributed by atoms with van der Waals surface area (Å²) in [6.07, 6.45) is 1.91. The Balaban J connectivity index is 2.15. The predicted molar refractivity (Wildman–Crippen MR) is 78.1 cm³/mol. The van der Waals surface area contributed by atoms with Gasteiger partial charge in [0, 0.05) is 36.8 Å². The molecule has 0 radical (unpaired) electrons. The number of hydrogen-bond acceptors (Lipinski definition) is 5. The Labute approximate surface area is 118 Å². The number of thiazole rings is 1. The van der Waals surface area contributed by atoms with E-state index in [0.717, 1.165) is 22.9 Å². The molecule has 2 heterocycles. The fourth-order valence-corrected chi connectivity index (χ4v) is 2.84. The molecule has 2 rings (SSSR count). The predicted octanol–water partition coefficient (Wildman–Crippen LogP) is 1.63. The van der Waals surface area contributed by atoms with Gasteiger partial charge in [-0.1, -0.05) is 0 Å². The average molecular weight is 279 g/mol. The van der Waals surface area contributed by atoms with E-state index < -0.39 is 0 Å². The summed E-state index contributed by atoms with van der Waals surface area (Å²) in [4.78, 5) is 6.74. The molecule has 2 N–H and O–H groups in total. The maximum absolute atomic E-state index is 5.95. The summed E-state index contributed by atoms with van der Waals surface area (Å²) in [7, 11) is 4.04. The number of nitrogens with zero attached hydrogens (tertiary/aromatic N) is 4. The van der Waals surface area contributed by atoms with Gasteiger partial charge >= 0.3 is 0 Å². The van der Waals surface area contributed by atoms with Gasteiger partial charge in [-0.3, -0.25) is 9.58 Å². The third-order valence-electron chi connectivity index (χ3n) is 3.47. The van der Waals surface area contributed by atoms with Crippen molar-refractivity contribution in [3.05, 3.63) is 33.5 Å². The van der Waals surface area contributed by atoms with E-state index in [-0.39, 0.29) is 6.04 Å². The maximum Gasteiger partial charge on any atom is 0.0897 e. The first kappa shape index (κ1) is 14.2. The first-order valence-electron chi connectivity index (χ1n) is 6.32. The van der Waals surface area contributed by atoms with Crippen LogP contribution in [0.15, 0.2) is 11.6 Å². The second-order valence-electron chi connectivity index (χ2n) is 4.83. The molecule has 0 saturated heterocycles. The second-order valence-corrected chi connectivity index (χ2v) is 5.90. The summed E-state index contributed by atoms with van der Waals surface area (Å²) in [5, 5.41) is 7.51. The van der Waals surface area contributed by atoms with Crippen LogP contribution in [0.3, 0.4) is 0 Å². The quantitative estimate of drug-likeness (QED) is 0.903. The van der Waals surface area contributed by atoms with E-state index in [1.54, 1.807) is 11.3 Å². The third-order valence-corrected chi connectivity index (χ3v) is 4.29. The zero-order chi connectivity index (χ0) is 14.0. The highest BCUT2D eigenvalue weighted by Gasteiger charge is 2.20. The standard InChI is InChI=1S/C13H21N5S/c1-9-12(6-15-18(9)4)13(5-14)17(3)7-11-8-19-10(2)16-11/h6,8,13H,5,7,14H2,1-4H3. The van der Waals surface area contributed by atoms with Crippen molar-refractivity contribution < 1.29 is 0 Å². The molecule has 0 aliphatic carbocycles. The number of likely N-dealkylation sites (N-methyl/N-ethyl adjacent to an activating group) is 1. The van der Waals surface area contributed by atoms with Gasteiger partial charge in [-0.25, -0.2) is 4.98 Å². The van der Waals surface area contributed by atoms with Crippen LogP contribution in [0.5, 0.6) is 0 Å². The largest absolute Gasteiger partial charge is 0.329 e. The maximum atomic E-state index is 5.95. The number of aromatic nitrogens is 3. The molecule has 0 saturated carbocycles. The van der Waals surface area contributed by atoms with Gasteiger partial charge in [0.15, 0.2) is 0 Å². The lowest BCUT2D eigenvalue weighted by Gasteiger charge is -2.26. The topological polar surface area (TPSA) is 60.0 Å². The zero-order valence-electron chi connectivity index (χ0n) is 11.9. The summed E-state index contributed by atoms with van der Waals surface area (Å²) in [5.74, 6) is 0. The first-order chi connectivity index (χ1) is 9.02. The molecule has 0 amide bonds. The van der Waals surface area contributed by atoms with E-state index in [1.807, 2.05) is 24.9 Å². The lowest BCUT2D eigenvalue weighted by molar-refractivity contribution is 0.238. The molecule has 1 unspecified atom stereocenters. The van der Waals surface area contributed by atoms with E-state index >= 15 is 0 Å². The van der Waals surface area contributed by atoms with Crippen molar-refractivity contribution in [3.8, 4) is 0 Å². The van der Waals surface area contributed by atoms with Crippen molar-refractivity contribution >= 4 is 11.3 Å². The minimum absolute atomic E-state index is 0.177. The van der Waals surface area contributed by atoms with Crippen LogP contribution in [-0.4, -0.2) is 33.3 Å². The Bertz CT molecular complexity index is 545. The lowest BCUT2D eigenvalue weighted by Crippen LogP contribution is -2.30. The summed E-state index contributed by atoms with van der Waals surface area (Å²) in [6.45, 7) is 5.48. The number of rotatable bonds is 5. The van der Waals surface area contributed by atoms with Crippen LogP contribution in [-0.2, 0) is 13.6 Å². The van der Waals surface area contributed by atoms with Gasteiger partial charge in [0.1, 0.15) is 0 Å². The van der Waals surface area contributed by atoms with Crippen molar-refractivity contribution in [1.82, 2.24) is 19.7 Å². The molecule has 0 fully saturated rings. The Morgan fingerprint density at radius 3 is 2.68 bits per heavy atom. The minimum Gasteiger partial charge on any atom is -0.329 e. The number of nitrogens with two attached hydrogens (primary N) is 1. The first-order valence-corrected chi connectivity index (χ1v) is 7.20. The fraction of sp³-hybridized carbons (Fsp3) is 0.538. The van der Waals surface area contributed by atoms with Crippen molar-refractivity contribution in [3.63, 3.8) is 0 Å². The van der Waals surface area contributed by atoms with Gasteiger partial charge in [0.2, 0.25) is 0 Å². The Kier molecular flexibility index (Phi) is 4.34. The highest BCUT2D eigenvalue weighted by atomic mass is 32.1. The van der Waals surface area contributed by atoms with Gasteiger partial charge in [-0.05, 0) is 20.9 Å². The molecule has 19 heavy (non-hydrogen) atoms. The molecule has 1 atom stereocenters. The molecule has 5 nitrogen and oxygen atoms in total. The van der Waals surface area contributed by atoms with Crippen LogP contribution in [0.1, 0.15) is 28.0 Å². The van der Waals surface area contributed by atoms with Crippen LogP contribution < -0.4 is 5.73 Å². The molecule has 104 valence electrons. The Hall–Kier alpha value is -1.24. The zero-order valence-corrected chi connectivity index (χ0v) is 12.7. The Morgan fingerprint density at radius 1 is 1.47 bits per heavy atom. The third kappa shape index (κ3) is 3.02. The number of aryl methyl sites for hydroxylation is 2. The molecule has 0 aliphatic rings. The summed E-state index contributed by atoms with van der Waals surface area (Å²) in [5.41, 5.74) is 9.41. The van der Waals surface area contributed by atoms with Crippen molar-refractivity contribution in [2.45, 2.75) is 26.4 Å². The fourth-order valence-electron chi connectivity index (χ4n) is 2.23. The van der Waals surface area contributed by atoms with E-state index in [1.165, 1.54) is 5.56 Å². The highest BCUT2D eigenvalue weighted by Crippen LogP contribution is 2.23. The monoisotopic (exact) mass is 279 g/mol. The smallest absolute Gasteiger partial charge is 0.0897 e. The van der Waals surface area contributed by atoms with E-state index in [0.29, 0.717) is 6.54 Å².